The number of para-hydroxylation sites is 1. The second-order valence-electron chi connectivity index (χ2n) is 10.6. The Morgan fingerprint density at radius 3 is 2.40 bits per heavy atom. The summed E-state index contributed by atoms with van der Waals surface area (Å²) in [7, 11) is 1.65. The third-order valence-electron chi connectivity index (χ3n) is 7.76. The van der Waals surface area contributed by atoms with Gasteiger partial charge in [0.25, 0.3) is 5.91 Å². The number of hydrogen-bond acceptors (Lipinski definition) is 4. The van der Waals surface area contributed by atoms with Crippen molar-refractivity contribution >= 4 is 28.5 Å². The summed E-state index contributed by atoms with van der Waals surface area (Å²) in [6.07, 6.45) is 0.838. The summed E-state index contributed by atoms with van der Waals surface area (Å²) in [4.78, 5) is 43.1. The number of nitrogens with one attached hydrogen (secondary N) is 1. The minimum absolute atomic E-state index is 0.0525. The molecule has 0 unspecified atom stereocenters. The van der Waals surface area contributed by atoms with Gasteiger partial charge in [0, 0.05) is 30.8 Å². The van der Waals surface area contributed by atoms with Gasteiger partial charge in [-0.3, -0.25) is 14.4 Å². The van der Waals surface area contributed by atoms with Crippen molar-refractivity contribution in [3.63, 3.8) is 0 Å². The van der Waals surface area contributed by atoms with Crippen molar-refractivity contribution in [2.45, 2.75) is 24.9 Å². The maximum atomic E-state index is 13.4. The molecule has 0 saturated carbocycles. The first-order chi connectivity index (χ1) is 19.5. The second kappa shape index (κ2) is 10.8. The van der Waals surface area contributed by atoms with E-state index in [1.54, 1.807) is 18.0 Å². The van der Waals surface area contributed by atoms with Gasteiger partial charge < -0.3 is 19.9 Å². The van der Waals surface area contributed by atoms with E-state index in [4.69, 9.17) is 4.74 Å². The van der Waals surface area contributed by atoms with Crippen molar-refractivity contribution in [3.05, 3.63) is 102 Å². The van der Waals surface area contributed by atoms with Crippen LogP contribution < -0.4 is 10.1 Å². The molecule has 202 valence electrons. The van der Waals surface area contributed by atoms with Crippen LogP contribution in [0, 0.1) is 0 Å². The zero-order chi connectivity index (χ0) is 27.6. The quantitative estimate of drug-likeness (QED) is 0.426. The lowest BCUT2D eigenvalue weighted by molar-refractivity contribution is -0.133. The highest BCUT2D eigenvalue weighted by atomic mass is 16.5. The molecule has 7 heteroatoms. The van der Waals surface area contributed by atoms with E-state index in [1.807, 2.05) is 78.9 Å². The first-order valence-electron chi connectivity index (χ1n) is 13.6. The maximum absolute atomic E-state index is 13.4. The predicted molar refractivity (Wildman–Crippen MR) is 154 cm³/mol. The summed E-state index contributed by atoms with van der Waals surface area (Å²) < 4.78 is 6.30. The average molecular weight is 534 g/mol. The molecule has 2 heterocycles. The number of nitrogens with zero attached hydrogens (tertiary/aromatic N) is 2. The Labute approximate surface area is 233 Å². The lowest BCUT2D eigenvalue weighted by atomic mass is 9.98. The lowest BCUT2D eigenvalue weighted by Crippen LogP contribution is -2.46. The molecule has 0 aliphatic carbocycles. The standard InChI is InChI=1S/C33H31N3O4/c1-35-20-32(38)36-19-25(34-31(37)17-22-14-15-23-8-2-3-9-24(23)16-22)18-26(36)21-40-30-13-7-6-11-28(30)27-10-4-5-12-29(27)33(35)39/h2-16,25-26H,17-21H2,1H3,(H,34,37)/t25-,26+/m1/s1. The molecule has 4 aromatic rings. The number of hydrogen-bond donors (Lipinski definition) is 1. The minimum Gasteiger partial charge on any atom is -0.491 e. The number of likely N-dealkylation sites (N-methyl/N-ethyl adjacent to an activating group) is 1. The Kier molecular flexibility index (Phi) is 6.95. The van der Waals surface area contributed by atoms with Gasteiger partial charge in [-0.05, 0) is 40.5 Å². The molecule has 3 amide bonds. The average Bonchev–Trinajstić information content (AvgIpc) is 3.37. The van der Waals surface area contributed by atoms with Gasteiger partial charge in [0.2, 0.25) is 11.8 Å². The molecule has 40 heavy (non-hydrogen) atoms. The van der Waals surface area contributed by atoms with Crippen LogP contribution in [-0.2, 0) is 16.0 Å². The Hall–Kier alpha value is -4.65. The summed E-state index contributed by atoms with van der Waals surface area (Å²) in [6, 6.07) is 28.7. The van der Waals surface area contributed by atoms with Crippen molar-refractivity contribution in [2.24, 2.45) is 0 Å². The van der Waals surface area contributed by atoms with Crippen molar-refractivity contribution in [3.8, 4) is 16.9 Å². The van der Waals surface area contributed by atoms with Crippen molar-refractivity contribution in [1.82, 2.24) is 15.1 Å². The van der Waals surface area contributed by atoms with Crippen LogP contribution in [-0.4, -0.2) is 66.3 Å². The van der Waals surface area contributed by atoms with Crippen LogP contribution >= 0.6 is 0 Å². The number of carbonyl (C=O) groups excluding carboxylic acids is 3. The third kappa shape index (κ3) is 5.15. The number of benzene rings is 4. The predicted octanol–water partition coefficient (Wildman–Crippen LogP) is 4.30. The van der Waals surface area contributed by atoms with Crippen LogP contribution in [0.2, 0.25) is 0 Å². The second-order valence-corrected chi connectivity index (χ2v) is 10.6. The maximum Gasteiger partial charge on any atom is 0.254 e. The number of ether oxygens (including phenoxy) is 1. The molecule has 0 radical (unpaired) electrons. The Morgan fingerprint density at radius 2 is 1.57 bits per heavy atom. The van der Waals surface area contributed by atoms with E-state index in [9.17, 15) is 14.4 Å². The fraction of sp³-hybridized carbons (Fsp3) is 0.242. The number of rotatable bonds is 3. The van der Waals surface area contributed by atoms with Gasteiger partial charge in [0.1, 0.15) is 12.4 Å². The van der Waals surface area contributed by atoms with Gasteiger partial charge in [-0.1, -0.05) is 78.9 Å². The summed E-state index contributed by atoms with van der Waals surface area (Å²) >= 11 is 0. The van der Waals surface area contributed by atoms with Gasteiger partial charge in [-0.25, -0.2) is 0 Å². The Morgan fingerprint density at radius 1 is 0.875 bits per heavy atom. The van der Waals surface area contributed by atoms with Crippen molar-refractivity contribution in [2.75, 3.05) is 26.7 Å². The molecule has 0 bridgehead atoms. The van der Waals surface area contributed by atoms with Crippen molar-refractivity contribution in [1.29, 1.82) is 0 Å². The molecule has 1 N–H and O–H groups in total. The summed E-state index contributed by atoms with van der Waals surface area (Å²) in [5.41, 5.74) is 3.06. The van der Waals surface area contributed by atoms with Crippen LogP contribution in [0.5, 0.6) is 5.75 Å². The van der Waals surface area contributed by atoms with E-state index in [0.717, 1.165) is 27.5 Å². The van der Waals surface area contributed by atoms with E-state index in [1.165, 1.54) is 4.90 Å². The zero-order valence-corrected chi connectivity index (χ0v) is 22.4. The molecular weight excluding hydrogens is 502 g/mol. The Bertz CT molecular complexity index is 1600. The summed E-state index contributed by atoms with van der Waals surface area (Å²) in [5.74, 6) is 0.180. The molecule has 0 aromatic heterocycles. The van der Waals surface area contributed by atoms with Crippen molar-refractivity contribution < 1.29 is 19.1 Å². The molecule has 1 fully saturated rings. The Balaban J connectivity index is 1.21. The molecule has 1 saturated heterocycles. The third-order valence-corrected chi connectivity index (χ3v) is 7.76. The van der Waals surface area contributed by atoms with Crippen LogP contribution in [0.4, 0.5) is 0 Å². The van der Waals surface area contributed by atoms with Gasteiger partial charge >= 0.3 is 0 Å². The first-order valence-corrected chi connectivity index (χ1v) is 13.6. The topological polar surface area (TPSA) is 79.0 Å². The molecule has 2 aliphatic heterocycles. The van der Waals surface area contributed by atoms with E-state index < -0.39 is 0 Å². The van der Waals surface area contributed by atoms with Gasteiger partial charge in [-0.2, -0.15) is 0 Å². The molecule has 2 aliphatic rings. The highest BCUT2D eigenvalue weighted by Gasteiger charge is 2.37. The van der Waals surface area contributed by atoms with Crippen LogP contribution in [0.25, 0.3) is 21.9 Å². The van der Waals surface area contributed by atoms with Crippen LogP contribution in [0.3, 0.4) is 0 Å². The zero-order valence-electron chi connectivity index (χ0n) is 22.4. The fourth-order valence-electron chi connectivity index (χ4n) is 5.77. The van der Waals surface area contributed by atoms with E-state index >= 15 is 0 Å². The normalized spacial score (nSPS) is 19.1. The highest BCUT2D eigenvalue weighted by molar-refractivity contribution is 6.02. The number of fused-ring (bicyclic) bond motifs is 5. The molecule has 4 aromatic carbocycles. The van der Waals surface area contributed by atoms with E-state index in [0.29, 0.717) is 30.9 Å². The first kappa shape index (κ1) is 25.6. The lowest BCUT2D eigenvalue weighted by Gasteiger charge is -2.28. The molecule has 6 rings (SSSR count). The molecule has 7 nitrogen and oxygen atoms in total. The number of carbonyl (C=O) groups is 3. The number of amides is 3. The van der Waals surface area contributed by atoms with Gasteiger partial charge in [0.15, 0.2) is 0 Å². The molecule has 2 atom stereocenters. The van der Waals surface area contributed by atoms with Crippen LogP contribution in [0.1, 0.15) is 22.3 Å². The molecular formula is C33H31N3O4. The SMILES string of the molecule is CN1CC(=O)N2C[C@H](NC(=O)Cc3ccc4ccccc4c3)C[C@H]2COc2ccccc2-c2ccccc2C1=O. The largest absolute Gasteiger partial charge is 0.491 e. The smallest absolute Gasteiger partial charge is 0.254 e. The van der Waals surface area contributed by atoms with Gasteiger partial charge in [0.05, 0.1) is 19.0 Å². The van der Waals surface area contributed by atoms with Gasteiger partial charge in [-0.15, -0.1) is 0 Å². The van der Waals surface area contributed by atoms with E-state index in [2.05, 4.69) is 11.4 Å². The molecule has 0 spiro atoms. The fourth-order valence-corrected chi connectivity index (χ4v) is 5.77. The van der Waals surface area contributed by atoms with E-state index in [-0.39, 0.29) is 42.8 Å². The minimum atomic E-state index is -0.232. The summed E-state index contributed by atoms with van der Waals surface area (Å²) in [5, 5.41) is 5.37. The summed E-state index contributed by atoms with van der Waals surface area (Å²) in [6.45, 7) is 0.610. The highest BCUT2D eigenvalue weighted by Crippen LogP contribution is 2.34. The monoisotopic (exact) mass is 533 g/mol. The van der Waals surface area contributed by atoms with Crippen LogP contribution in [0.15, 0.2) is 91.0 Å².